The lowest BCUT2D eigenvalue weighted by Crippen LogP contribution is -2.16. The van der Waals surface area contributed by atoms with Crippen LogP contribution in [0, 0.1) is 10.1 Å². The van der Waals surface area contributed by atoms with Gasteiger partial charge in [-0.1, -0.05) is 6.92 Å². The Kier molecular flexibility index (Phi) is 4.17. The average Bonchev–Trinajstić information content (AvgIpc) is 2.85. The van der Waals surface area contributed by atoms with Gasteiger partial charge in [-0.3, -0.25) is 10.1 Å². The molecule has 1 heterocycles. The van der Waals surface area contributed by atoms with E-state index in [-0.39, 0.29) is 5.69 Å². The number of nitro benzene ring substituents is 1. The number of halogens is 1. The van der Waals surface area contributed by atoms with Crippen LogP contribution in [0.25, 0.3) is 5.69 Å². The molecule has 1 N–H and O–H groups in total. The zero-order valence-corrected chi connectivity index (χ0v) is 11.7. The van der Waals surface area contributed by atoms with Crippen LogP contribution < -0.4 is 5.32 Å². The first-order chi connectivity index (χ1) is 9.13. The molecule has 0 unspecified atom stereocenters. The van der Waals surface area contributed by atoms with Gasteiger partial charge in [-0.2, -0.15) is 4.68 Å². The lowest BCUT2D eigenvalue weighted by molar-refractivity contribution is -0.385. The number of nitro groups is 1. The third-order valence-electron chi connectivity index (χ3n) is 2.44. The molecule has 0 fully saturated rings. The van der Waals surface area contributed by atoms with Gasteiger partial charge in [0.2, 0.25) is 0 Å². The monoisotopic (exact) mass is 326 g/mol. The highest BCUT2D eigenvalue weighted by atomic mass is 79.9. The summed E-state index contributed by atoms with van der Waals surface area (Å²) in [5.74, 6) is 0.596. The number of hydrogen-bond acceptors (Lipinski definition) is 6. The van der Waals surface area contributed by atoms with Crippen LogP contribution in [0.4, 0.5) is 5.69 Å². The fourth-order valence-electron chi connectivity index (χ4n) is 1.53. The Bertz CT molecular complexity index is 599. The Balaban J connectivity index is 2.39. The maximum absolute atomic E-state index is 10.9. The summed E-state index contributed by atoms with van der Waals surface area (Å²) in [6, 6.07) is 4.74. The van der Waals surface area contributed by atoms with Crippen molar-refractivity contribution in [3.05, 3.63) is 38.6 Å². The second-order valence-electron chi connectivity index (χ2n) is 3.68. The zero-order valence-electron chi connectivity index (χ0n) is 10.1. The molecule has 100 valence electrons. The first-order valence-electron chi connectivity index (χ1n) is 5.55. The number of nitrogens with one attached hydrogen (secondary N) is 1. The van der Waals surface area contributed by atoms with E-state index in [0.717, 1.165) is 6.54 Å². The van der Waals surface area contributed by atoms with Crippen LogP contribution in [0.3, 0.4) is 0 Å². The van der Waals surface area contributed by atoms with Crippen LogP contribution in [0.1, 0.15) is 12.7 Å². The zero-order chi connectivity index (χ0) is 13.8. The van der Waals surface area contributed by atoms with Gasteiger partial charge < -0.3 is 5.32 Å². The number of nitrogens with zero attached hydrogens (tertiary/aromatic N) is 5. The topological polar surface area (TPSA) is 98.8 Å². The van der Waals surface area contributed by atoms with Crippen molar-refractivity contribution in [2.45, 2.75) is 13.5 Å². The molecule has 9 heteroatoms. The molecule has 0 aliphatic carbocycles. The van der Waals surface area contributed by atoms with Crippen molar-refractivity contribution >= 4 is 21.6 Å². The summed E-state index contributed by atoms with van der Waals surface area (Å²) in [5, 5.41) is 25.3. The molecule has 0 radical (unpaired) electrons. The highest BCUT2D eigenvalue weighted by molar-refractivity contribution is 9.10. The summed E-state index contributed by atoms with van der Waals surface area (Å²) in [6.45, 7) is 3.25. The quantitative estimate of drug-likeness (QED) is 0.659. The Morgan fingerprint density at radius 1 is 1.53 bits per heavy atom. The number of benzene rings is 1. The fraction of sp³-hybridized carbons (Fsp3) is 0.300. The maximum Gasteiger partial charge on any atom is 0.285 e. The molecule has 0 spiro atoms. The van der Waals surface area contributed by atoms with Crippen LogP contribution in [-0.4, -0.2) is 31.7 Å². The van der Waals surface area contributed by atoms with E-state index in [1.165, 1.54) is 10.7 Å². The Morgan fingerprint density at radius 3 is 3.00 bits per heavy atom. The van der Waals surface area contributed by atoms with Crippen molar-refractivity contribution in [2.75, 3.05) is 6.54 Å². The first kappa shape index (κ1) is 13.6. The fourth-order valence-corrected chi connectivity index (χ4v) is 1.92. The summed E-state index contributed by atoms with van der Waals surface area (Å²) in [6.07, 6.45) is 0. The Morgan fingerprint density at radius 2 is 2.32 bits per heavy atom. The van der Waals surface area contributed by atoms with Gasteiger partial charge in [0, 0.05) is 6.07 Å². The molecule has 2 rings (SSSR count). The minimum atomic E-state index is -0.456. The van der Waals surface area contributed by atoms with Gasteiger partial charge >= 0.3 is 0 Å². The normalized spacial score (nSPS) is 10.6. The summed E-state index contributed by atoms with van der Waals surface area (Å²) < 4.78 is 1.89. The van der Waals surface area contributed by atoms with Crippen molar-refractivity contribution in [1.82, 2.24) is 25.5 Å². The largest absolute Gasteiger partial charge is 0.310 e. The third-order valence-corrected chi connectivity index (χ3v) is 3.11. The van der Waals surface area contributed by atoms with Crippen LogP contribution in [-0.2, 0) is 6.54 Å². The molecule has 0 bridgehead atoms. The summed E-state index contributed by atoms with van der Waals surface area (Å²) >= 11 is 3.14. The van der Waals surface area contributed by atoms with Crippen LogP contribution in [0.2, 0.25) is 0 Å². The Labute approximate surface area is 117 Å². The second-order valence-corrected chi connectivity index (χ2v) is 4.53. The number of rotatable bonds is 5. The lowest BCUT2D eigenvalue weighted by atomic mass is 10.3. The standard InChI is InChI=1S/C10H11BrN6O2/c1-2-12-6-10-13-14-15-16(10)7-3-4-8(11)9(5-7)17(18)19/h3-5,12H,2,6H2,1H3. The molecule has 0 atom stereocenters. The molecular formula is C10H11BrN6O2. The predicted octanol–water partition coefficient (Wildman–Crippen LogP) is 1.44. The van der Waals surface area contributed by atoms with E-state index >= 15 is 0 Å². The summed E-state index contributed by atoms with van der Waals surface area (Å²) in [4.78, 5) is 10.4. The summed E-state index contributed by atoms with van der Waals surface area (Å²) in [5.41, 5.74) is 0.523. The SMILES string of the molecule is CCNCc1nnnn1-c1ccc(Br)c([N+](=O)[O-])c1. The van der Waals surface area contributed by atoms with E-state index in [2.05, 4.69) is 36.8 Å². The minimum Gasteiger partial charge on any atom is -0.310 e. The summed E-state index contributed by atoms with van der Waals surface area (Å²) in [7, 11) is 0. The van der Waals surface area contributed by atoms with Gasteiger partial charge in [0.1, 0.15) is 0 Å². The third kappa shape index (κ3) is 2.93. The second kappa shape index (κ2) is 5.85. The van der Waals surface area contributed by atoms with Crippen LogP contribution >= 0.6 is 15.9 Å². The van der Waals surface area contributed by atoms with Gasteiger partial charge in [0.15, 0.2) is 5.82 Å². The molecule has 0 amide bonds. The predicted molar refractivity (Wildman–Crippen MR) is 70.9 cm³/mol. The molecule has 1 aromatic heterocycles. The van der Waals surface area contributed by atoms with Crippen molar-refractivity contribution in [1.29, 1.82) is 0 Å². The van der Waals surface area contributed by atoms with Crippen LogP contribution in [0.5, 0.6) is 0 Å². The van der Waals surface area contributed by atoms with E-state index in [1.54, 1.807) is 12.1 Å². The number of hydrogen-bond donors (Lipinski definition) is 1. The first-order valence-corrected chi connectivity index (χ1v) is 6.35. The molecule has 8 nitrogen and oxygen atoms in total. The van der Waals surface area contributed by atoms with E-state index in [4.69, 9.17) is 0 Å². The highest BCUT2D eigenvalue weighted by Crippen LogP contribution is 2.27. The average molecular weight is 327 g/mol. The van der Waals surface area contributed by atoms with Crippen molar-refractivity contribution in [3.63, 3.8) is 0 Å². The van der Waals surface area contributed by atoms with Crippen molar-refractivity contribution in [2.24, 2.45) is 0 Å². The van der Waals surface area contributed by atoms with E-state index in [9.17, 15) is 10.1 Å². The van der Waals surface area contributed by atoms with Gasteiger partial charge in [0.25, 0.3) is 5.69 Å². The van der Waals surface area contributed by atoms with Gasteiger partial charge in [-0.15, -0.1) is 5.10 Å². The molecule has 19 heavy (non-hydrogen) atoms. The number of tetrazole rings is 1. The molecule has 1 aromatic carbocycles. The van der Waals surface area contributed by atoms with E-state index < -0.39 is 4.92 Å². The molecular weight excluding hydrogens is 316 g/mol. The van der Waals surface area contributed by atoms with E-state index in [1.807, 2.05) is 6.92 Å². The van der Waals surface area contributed by atoms with Gasteiger partial charge in [-0.05, 0) is 45.0 Å². The molecule has 0 aliphatic rings. The number of aromatic nitrogens is 4. The minimum absolute atomic E-state index is 0.0256. The maximum atomic E-state index is 10.9. The highest BCUT2D eigenvalue weighted by Gasteiger charge is 2.15. The smallest absolute Gasteiger partial charge is 0.285 e. The van der Waals surface area contributed by atoms with E-state index in [0.29, 0.717) is 22.5 Å². The Hall–Kier alpha value is -1.87. The molecule has 0 aliphatic heterocycles. The van der Waals surface area contributed by atoms with Crippen molar-refractivity contribution < 1.29 is 4.92 Å². The molecule has 0 saturated heterocycles. The lowest BCUT2D eigenvalue weighted by Gasteiger charge is -2.05. The van der Waals surface area contributed by atoms with Gasteiger partial charge in [0.05, 0.1) is 21.6 Å². The van der Waals surface area contributed by atoms with Crippen molar-refractivity contribution in [3.8, 4) is 5.69 Å². The van der Waals surface area contributed by atoms with Crippen LogP contribution in [0.15, 0.2) is 22.7 Å². The molecule has 2 aromatic rings. The molecule has 0 saturated carbocycles. The van der Waals surface area contributed by atoms with Gasteiger partial charge in [-0.25, -0.2) is 0 Å².